The van der Waals surface area contributed by atoms with Gasteiger partial charge in [-0.15, -0.1) is 0 Å². The smallest absolute Gasteiger partial charge is 0.254 e. The Morgan fingerprint density at radius 1 is 1.30 bits per heavy atom. The third-order valence-electron chi connectivity index (χ3n) is 4.53. The molecule has 8 nitrogen and oxygen atoms in total. The highest BCUT2D eigenvalue weighted by Gasteiger charge is 2.24. The molecule has 4 N–H and O–H groups in total. The number of anilines is 4. The predicted molar refractivity (Wildman–Crippen MR) is 105 cm³/mol. The number of aromatic nitrogens is 2. The van der Waals surface area contributed by atoms with E-state index in [4.69, 9.17) is 22.1 Å². The fourth-order valence-electron chi connectivity index (χ4n) is 2.93. The van der Waals surface area contributed by atoms with E-state index >= 15 is 0 Å². The second-order valence-corrected chi connectivity index (χ2v) is 7.04. The summed E-state index contributed by atoms with van der Waals surface area (Å²) in [6, 6.07) is 6.08. The Bertz CT molecular complexity index is 852. The van der Waals surface area contributed by atoms with Crippen LogP contribution < -0.4 is 21.3 Å². The Labute approximate surface area is 162 Å². The van der Waals surface area contributed by atoms with Gasteiger partial charge in [-0.1, -0.05) is 11.6 Å². The number of hydrogen-bond donors (Lipinski definition) is 3. The topological polar surface area (TPSA) is 105 Å². The lowest BCUT2D eigenvalue weighted by Crippen LogP contribution is -2.36. The van der Waals surface area contributed by atoms with Crippen molar-refractivity contribution in [1.82, 2.24) is 9.97 Å². The van der Waals surface area contributed by atoms with Gasteiger partial charge in [-0.3, -0.25) is 4.79 Å². The number of ether oxygens (including phenoxy) is 1. The average Bonchev–Trinajstić information content (AvgIpc) is 3.46. The lowest BCUT2D eigenvalue weighted by Gasteiger charge is -2.29. The second-order valence-electron chi connectivity index (χ2n) is 6.63. The first-order chi connectivity index (χ1) is 13.1. The third kappa shape index (κ3) is 4.23. The molecule has 1 saturated carbocycles. The summed E-state index contributed by atoms with van der Waals surface area (Å²) in [5.41, 5.74) is 7.44. The van der Waals surface area contributed by atoms with Crippen molar-refractivity contribution >= 4 is 40.6 Å². The van der Waals surface area contributed by atoms with Crippen LogP contribution in [0.3, 0.4) is 0 Å². The molecule has 9 heteroatoms. The van der Waals surface area contributed by atoms with Crippen molar-refractivity contribution in [3.63, 3.8) is 0 Å². The molecule has 1 aromatic heterocycles. The van der Waals surface area contributed by atoms with E-state index < -0.39 is 5.91 Å². The number of halogens is 1. The highest BCUT2D eigenvalue weighted by Crippen LogP contribution is 2.31. The van der Waals surface area contributed by atoms with Crippen LogP contribution >= 0.6 is 11.6 Å². The molecule has 142 valence electrons. The second kappa shape index (κ2) is 7.58. The zero-order valence-corrected chi connectivity index (χ0v) is 15.5. The van der Waals surface area contributed by atoms with E-state index in [-0.39, 0.29) is 5.56 Å². The van der Waals surface area contributed by atoms with Gasteiger partial charge in [0.2, 0.25) is 5.95 Å². The molecular formula is C18H21ClN6O2. The molecule has 0 atom stereocenters. The van der Waals surface area contributed by atoms with Crippen molar-refractivity contribution in [3.05, 3.63) is 35.0 Å². The number of amides is 1. The van der Waals surface area contributed by atoms with Crippen LogP contribution in [0.25, 0.3) is 0 Å². The Morgan fingerprint density at radius 3 is 2.74 bits per heavy atom. The Balaban J connectivity index is 1.52. The highest BCUT2D eigenvalue weighted by molar-refractivity contribution is 6.33. The summed E-state index contributed by atoms with van der Waals surface area (Å²) in [7, 11) is 0. The van der Waals surface area contributed by atoms with Gasteiger partial charge >= 0.3 is 0 Å². The van der Waals surface area contributed by atoms with Crippen molar-refractivity contribution in [2.24, 2.45) is 5.73 Å². The monoisotopic (exact) mass is 388 g/mol. The van der Waals surface area contributed by atoms with Crippen LogP contribution in [-0.4, -0.2) is 48.2 Å². The number of rotatable bonds is 6. The van der Waals surface area contributed by atoms with Crippen LogP contribution in [-0.2, 0) is 4.74 Å². The van der Waals surface area contributed by atoms with Gasteiger partial charge < -0.3 is 26.0 Å². The van der Waals surface area contributed by atoms with Gasteiger partial charge in [-0.2, -0.15) is 4.98 Å². The first-order valence-electron chi connectivity index (χ1n) is 8.93. The van der Waals surface area contributed by atoms with Crippen LogP contribution in [0.15, 0.2) is 24.4 Å². The maximum atomic E-state index is 11.6. The lowest BCUT2D eigenvalue weighted by molar-refractivity contribution is 0.100. The van der Waals surface area contributed by atoms with Gasteiger partial charge in [0, 0.05) is 31.0 Å². The van der Waals surface area contributed by atoms with Gasteiger partial charge in [-0.25, -0.2) is 4.98 Å². The molecule has 2 heterocycles. The van der Waals surface area contributed by atoms with Crippen molar-refractivity contribution in [2.75, 3.05) is 41.8 Å². The summed E-state index contributed by atoms with van der Waals surface area (Å²) < 4.78 is 5.38. The molecule has 1 aromatic carbocycles. The number of hydrogen-bond acceptors (Lipinski definition) is 7. The minimum Gasteiger partial charge on any atom is -0.378 e. The predicted octanol–water partition coefficient (Wildman–Crippen LogP) is 2.38. The fraction of sp³-hybridized carbons (Fsp3) is 0.389. The third-order valence-corrected chi connectivity index (χ3v) is 4.83. The molecule has 1 aliphatic carbocycles. The zero-order valence-electron chi connectivity index (χ0n) is 14.7. The van der Waals surface area contributed by atoms with Crippen LogP contribution in [0, 0.1) is 0 Å². The molecule has 0 bridgehead atoms. The minimum absolute atomic E-state index is 0.285. The van der Waals surface area contributed by atoms with Gasteiger partial charge in [0.15, 0.2) is 0 Å². The number of benzene rings is 1. The van der Waals surface area contributed by atoms with Crippen molar-refractivity contribution in [2.45, 2.75) is 18.9 Å². The van der Waals surface area contributed by atoms with Crippen molar-refractivity contribution in [3.8, 4) is 0 Å². The number of nitrogens with one attached hydrogen (secondary N) is 2. The normalized spacial score (nSPS) is 16.9. The molecule has 2 aromatic rings. The molecule has 2 aliphatic rings. The molecule has 1 amide bonds. The van der Waals surface area contributed by atoms with Crippen LogP contribution in [0.2, 0.25) is 5.02 Å². The summed E-state index contributed by atoms with van der Waals surface area (Å²) in [5.74, 6) is 0.277. The first-order valence-corrected chi connectivity index (χ1v) is 9.30. The lowest BCUT2D eigenvalue weighted by atomic mass is 10.2. The van der Waals surface area contributed by atoms with E-state index in [1.54, 1.807) is 0 Å². The minimum atomic E-state index is -0.553. The van der Waals surface area contributed by atoms with Crippen molar-refractivity contribution in [1.29, 1.82) is 0 Å². The Hall–Kier alpha value is -2.58. The number of carbonyl (C=O) groups excluding carboxylic acids is 1. The van der Waals surface area contributed by atoms with Gasteiger partial charge in [0.25, 0.3) is 5.91 Å². The largest absolute Gasteiger partial charge is 0.378 e. The molecular weight excluding hydrogens is 368 g/mol. The van der Waals surface area contributed by atoms with E-state index in [1.807, 2.05) is 18.2 Å². The number of primary amides is 1. The molecule has 27 heavy (non-hydrogen) atoms. The number of nitrogens with two attached hydrogens (primary N) is 1. The maximum absolute atomic E-state index is 11.6. The van der Waals surface area contributed by atoms with Gasteiger partial charge in [0.1, 0.15) is 5.82 Å². The van der Waals surface area contributed by atoms with Crippen LogP contribution in [0.4, 0.5) is 23.1 Å². The zero-order chi connectivity index (χ0) is 18.8. The molecule has 2 fully saturated rings. The summed E-state index contributed by atoms with van der Waals surface area (Å²) in [5, 5.41) is 7.00. The molecule has 0 unspecified atom stereocenters. The maximum Gasteiger partial charge on any atom is 0.254 e. The van der Waals surface area contributed by atoms with Crippen LogP contribution in [0.1, 0.15) is 23.2 Å². The SMILES string of the molecule is NC(=O)c1cnc(Nc2ccc(N3CCOCC3)c(Cl)c2)nc1NC1CC1. The quantitative estimate of drug-likeness (QED) is 0.697. The fourth-order valence-corrected chi connectivity index (χ4v) is 3.23. The number of morpholine rings is 1. The highest BCUT2D eigenvalue weighted by atomic mass is 35.5. The molecule has 4 rings (SSSR count). The molecule has 0 spiro atoms. The summed E-state index contributed by atoms with van der Waals surface area (Å²) in [4.78, 5) is 22.4. The summed E-state index contributed by atoms with van der Waals surface area (Å²) in [6.45, 7) is 3.04. The molecule has 1 aliphatic heterocycles. The van der Waals surface area contributed by atoms with E-state index in [9.17, 15) is 4.79 Å². The van der Waals surface area contributed by atoms with E-state index in [1.165, 1.54) is 6.20 Å². The van der Waals surface area contributed by atoms with E-state index in [0.29, 0.717) is 36.0 Å². The van der Waals surface area contributed by atoms with E-state index in [2.05, 4.69) is 25.5 Å². The first kappa shape index (κ1) is 17.8. The Kier molecular flexibility index (Phi) is 5.00. The summed E-state index contributed by atoms with van der Waals surface area (Å²) in [6.07, 6.45) is 3.55. The number of carbonyl (C=O) groups is 1. The number of nitrogens with zero attached hydrogens (tertiary/aromatic N) is 3. The Morgan fingerprint density at radius 2 is 2.07 bits per heavy atom. The van der Waals surface area contributed by atoms with Crippen molar-refractivity contribution < 1.29 is 9.53 Å². The molecule has 0 radical (unpaired) electrons. The van der Waals surface area contributed by atoms with E-state index in [0.717, 1.165) is 37.3 Å². The molecule has 1 saturated heterocycles. The van der Waals surface area contributed by atoms with Gasteiger partial charge in [-0.05, 0) is 31.0 Å². The summed E-state index contributed by atoms with van der Waals surface area (Å²) >= 11 is 6.47. The van der Waals surface area contributed by atoms with Gasteiger partial charge in [0.05, 0.1) is 29.5 Å². The standard InChI is InChI=1S/C18H21ClN6O2/c19-14-9-12(3-4-15(14)25-5-7-27-8-6-25)23-18-21-10-13(16(20)26)17(24-18)22-11-1-2-11/h3-4,9-11H,1-2,5-8H2,(H2,20,26)(H2,21,22,23,24). The van der Waals surface area contributed by atoms with Crippen LogP contribution in [0.5, 0.6) is 0 Å². The average molecular weight is 389 g/mol.